The van der Waals surface area contributed by atoms with Crippen LogP contribution in [-0.2, 0) is 0 Å². The highest BCUT2D eigenvalue weighted by Crippen LogP contribution is 2.24. The van der Waals surface area contributed by atoms with Crippen molar-refractivity contribution in [2.24, 2.45) is 0 Å². The molecular formula is C14H12BrNO2. The van der Waals surface area contributed by atoms with E-state index in [4.69, 9.17) is 0 Å². The molecule has 0 spiro atoms. The minimum atomic E-state index is -0.447. The Bertz CT molecular complexity index is 569. The molecule has 0 heterocycles. The van der Waals surface area contributed by atoms with Gasteiger partial charge >= 0.3 is 0 Å². The molecule has 2 aromatic rings. The molecule has 0 unspecified atom stereocenters. The predicted molar refractivity (Wildman–Crippen MR) is 73.9 cm³/mol. The molecule has 0 aliphatic heterocycles. The summed E-state index contributed by atoms with van der Waals surface area (Å²) in [7, 11) is 0. The fraction of sp³-hybridized carbons (Fsp3) is 0.0714. The standard InChI is InChI=1S/C14H12BrNO2/c1-10-7-8-12(15)9-13(10)16(18)14(17)11-5-3-2-4-6-11/h2-9,18H,1H3. The van der Waals surface area contributed by atoms with E-state index in [0.29, 0.717) is 16.3 Å². The Morgan fingerprint density at radius 2 is 1.83 bits per heavy atom. The van der Waals surface area contributed by atoms with E-state index >= 15 is 0 Å². The van der Waals surface area contributed by atoms with Gasteiger partial charge < -0.3 is 0 Å². The Labute approximate surface area is 114 Å². The highest BCUT2D eigenvalue weighted by atomic mass is 79.9. The summed E-state index contributed by atoms with van der Waals surface area (Å²) < 4.78 is 0.808. The van der Waals surface area contributed by atoms with E-state index in [1.807, 2.05) is 25.1 Å². The van der Waals surface area contributed by atoms with E-state index in [-0.39, 0.29) is 0 Å². The van der Waals surface area contributed by atoms with Gasteiger partial charge in [-0.05, 0) is 36.8 Å². The third-order valence-corrected chi connectivity index (χ3v) is 3.11. The van der Waals surface area contributed by atoms with Gasteiger partial charge in [-0.1, -0.05) is 40.2 Å². The number of carbonyl (C=O) groups excluding carboxylic acids is 1. The van der Waals surface area contributed by atoms with Crippen molar-refractivity contribution in [1.29, 1.82) is 0 Å². The van der Waals surface area contributed by atoms with Crippen LogP contribution in [0.2, 0.25) is 0 Å². The number of nitrogens with zero attached hydrogens (tertiary/aromatic N) is 1. The highest BCUT2D eigenvalue weighted by Gasteiger charge is 2.17. The van der Waals surface area contributed by atoms with Crippen molar-refractivity contribution in [1.82, 2.24) is 0 Å². The molecule has 0 atom stereocenters. The van der Waals surface area contributed by atoms with Gasteiger partial charge in [0.15, 0.2) is 0 Å². The number of benzene rings is 2. The Hall–Kier alpha value is -1.65. The van der Waals surface area contributed by atoms with Crippen LogP contribution in [0.4, 0.5) is 5.69 Å². The zero-order valence-corrected chi connectivity index (χ0v) is 11.4. The Morgan fingerprint density at radius 1 is 1.17 bits per heavy atom. The first-order valence-electron chi connectivity index (χ1n) is 5.44. The summed E-state index contributed by atoms with van der Waals surface area (Å²) in [5.41, 5.74) is 1.74. The van der Waals surface area contributed by atoms with Crippen molar-refractivity contribution in [2.75, 3.05) is 5.06 Å². The molecule has 0 fully saturated rings. The fourth-order valence-corrected chi connectivity index (χ4v) is 1.97. The van der Waals surface area contributed by atoms with E-state index in [1.54, 1.807) is 30.3 Å². The normalized spacial score (nSPS) is 10.2. The Morgan fingerprint density at radius 3 is 2.50 bits per heavy atom. The number of amides is 1. The van der Waals surface area contributed by atoms with Crippen molar-refractivity contribution in [3.63, 3.8) is 0 Å². The number of hydrogen-bond donors (Lipinski definition) is 1. The van der Waals surface area contributed by atoms with Crippen LogP contribution < -0.4 is 5.06 Å². The Kier molecular flexibility index (Phi) is 3.79. The van der Waals surface area contributed by atoms with Gasteiger partial charge in [0.2, 0.25) is 0 Å². The molecule has 0 saturated heterocycles. The summed E-state index contributed by atoms with van der Waals surface area (Å²) in [6.07, 6.45) is 0. The number of halogens is 1. The summed E-state index contributed by atoms with van der Waals surface area (Å²) in [4.78, 5) is 12.1. The van der Waals surface area contributed by atoms with Crippen LogP contribution in [0, 0.1) is 6.92 Å². The molecule has 0 aliphatic rings. The van der Waals surface area contributed by atoms with Crippen molar-refractivity contribution in [3.05, 3.63) is 64.1 Å². The molecule has 18 heavy (non-hydrogen) atoms. The maximum absolute atomic E-state index is 12.1. The smallest absolute Gasteiger partial charge is 0.281 e. The molecule has 0 aromatic heterocycles. The maximum Gasteiger partial charge on any atom is 0.281 e. The third-order valence-electron chi connectivity index (χ3n) is 2.61. The lowest BCUT2D eigenvalue weighted by molar-refractivity contribution is 0.0854. The molecule has 2 rings (SSSR count). The van der Waals surface area contributed by atoms with Crippen molar-refractivity contribution < 1.29 is 10.0 Å². The average molecular weight is 306 g/mol. The van der Waals surface area contributed by atoms with Gasteiger partial charge in [-0.25, -0.2) is 0 Å². The van der Waals surface area contributed by atoms with Crippen molar-refractivity contribution in [3.8, 4) is 0 Å². The molecule has 4 heteroatoms. The van der Waals surface area contributed by atoms with Gasteiger partial charge in [-0.2, -0.15) is 5.06 Å². The number of anilines is 1. The summed E-state index contributed by atoms with van der Waals surface area (Å²) in [6.45, 7) is 1.84. The quantitative estimate of drug-likeness (QED) is 0.677. The maximum atomic E-state index is 12.1. The van der Waals surface area contributed by atoms with Crippen LogP contribution in [0.25, 0.3) is 0 Å². The fourth-order valence-electron chi connectivity index (χ4n) is 1.62. The van der Waals surface area contributed by atoms with Crippen LogP contribution in [-0.4, -0.2) is 11.1 Å². The van der Waals surface area contributed by atoms with Crippen LogP contribution in [0.3, 0.4) is 0 Å². The topological polar surface area (TPSA) is 40.5 Å². The average Bonchev–Trinajstić information content (AvgIpc) is 2.41. The zero-order chi connectivity index (χ0) is 13.1. The second-order valence-corrected chi connectivity index (χ2v) is 4.83. The number of rotatable bonds is 2. The van der Waals surface area contributed by atoms with E-state index in [9.17, 15) is 10.0 Å². The second kappa shape index (κ2) is 5.33. The molecule has 0 saturated carbocycles. The number of aryl methyl sites for hydroxylation is 1. The van der Waals surface area contributed by atoms with Gasteiger partial charge in [-0.3, -0.25) is 10.0 Å². The number of hydroxylamine groups is 1. The van der Waals surface area contributed by atoms with E-state index < -0.39 is 5.91 Å². The molecule has 0 radical (unpaired) electrons. The minimum absolute atomic E-state index is 0.444. The van der Waals surface area contributed by atoms with Gasteiger partial charge in [0, 0.05) is 10.0 Å². The largest absolute Gasteiger partial charge is 0.281 e. The lowest BCUT2D eigenvalue weighted by Crippen LogP contribution is -2.27. The Balaban J connectivity index is 2.34. The van der Waals surface area contributed by atoms with Crippen molar-refractivity contribution in [2.45, 2.75) is 6.92 Å². The molecule has 3 nitrogen and oxygen atoms in total. The monoisotopic (exact) mass is 305 g/mol. The molecule has 1 amide bonds. The summed E-state index contributed by atoms with van der Waals surface area (Å²) in [5, 5.41) is 10.7. The number of hydrogen-bond acceptors (Lipinski definition) is 2. The zero-order valence-electron chi connectivity index (χ0n) is 9.80. The second-order valence-electron chi connectivity index (χ2n) is 3.91. The van der Waals surface area contributed by atoms with Crippen LogP contribution in [0.15, 0.2) is 53.0 Å². The molecule has 0 aliphatic carbocycles. The molecular weight excluding hydrogens is 294 g/mol. The molecule has 2 aromatic carbocycles. The molecule has 1 N–H and O–H groups in total. The van der Waals surface area contributed by atoms with Crippen LogP contribution in [0.1, 0.15) is 15.9 Å². The van der Waals surface area contributed by atoms with Gasteiger partial charge in [0.1, 0.15) is 0 Å². The van der Waals surface area contributed by atoms with Crippen LogP contribution >= 0.6 is 15.9 Å². The first-order chi connectivity index (χ1) is 8.59. The van der Waals surface area contributed by atoms with Gasteiger partial charge in [0.25, 0.3) is 5.91 Å². The lowest BCUT2D eigenvalue weighted by Gasteiger charge is -2.17. The number of carbonyl (C=O) groups is 1. The summed E-state index contributed by atoms with van der Waals surface area (Å²) >= 11 is 3.32. The minimum Gasteiger partial charge on any atom is -0.281 e. The van der Waals surface area contributed by atoms with Gasteiger partial charge in [-0.15, -0.1) is 0 Å². The van der Waals surface area contributed by atoms with E-state index in [1.165, 1.54) is 0 Å². The first kappa shape index (κ1) is 12.8. The molecule has 92 valence electrons. The van der Waals surface area contributed by atoms with Gasteiger partial charge in [0.05, 0.1) is 5.69 Å². The predicted octanol–water partition coefficient (Wildman–Crippen LogP) is 3.79. The summed E-state index contributed by atoms with van der Waals surface area (Å²) in [5.74, 6) is -0.447. The first-order valence-corrected chi connectivity index (χ1v) is 6.23. The van der Waals surface area contributed by atoms with Crippen LogP contribution in [0.5, 0.6) is 0 Å². The van der Waals surface area contributed by atoms with E-state index in [2.05, 4.69) is 15.9 Å². The lowest BCUT2D eigenvalue weighted by atomic mass is 10.1. The molecule has 0 bridgehead atoms. The van der Waals surface area contributed by atoms with Crippen molar-refractivity contribution >= 4 is 27.5 Å². The third kappa shape index (κ3) is 2.60. The summed E-state index contributed by atoms with van der Waals surface area (Å²) in [6, 6.07) is 14.1. The highest BCUT2D eigenvalue weighted by molar-refractivity contribution is 9.10. The SMILES string of the molecule is Cc1ccc(Br)cc1N(O)C(=O)c1ccccc1. The van der Waals surface area contributed by atoms with E-state index in [0.717, 1.165) is 10.0 Å².